The van der Waals surface area contributed by atoms with Gasteiger partial charge in [-0.15, -0.1) is 10.2 Å². The zero-order valence-electron chi connectivity index (χ0n) is 15.2. The lowest BCUT2D eigenvalue weighted by molar-refractivity contribution is -0.134. The van der Waals surface area contributed by atoms with Crippen molar-refractivity contribution < 1.29 is 9.59 Å². The first-order chi connectivity index (χ1) is 11.4. The molecule has 0 saturated carbocycles. The zero-order chi connectivity index (χ0) is 17.7. The topological polar surface area (TPSA) is 80.1 Å². The Bertz CT molecular complexity index is 569. The quantitative estimate of drug-likeness (QED) is 0.823. The van der Waals surface area contributed by atoms with Gasteiger partial charge in [-0.25, -0.2) is 0 Å². The molecular formula is C17H29N5O2. The third-order valence-corrected chi connectivity index (χ3v) is 4.55. The van der Waals surface area contributed by atoms with Crippen LogP contribution in [0.5, 0.6) is 0 Å². The van der Waals surface area contributed by atoms with E-state index in [0.29, 0.717) is 12.5 Å². The molecule has 0 bridgehead atoms. The number of nitrogens with zero attached hydrogens (tertiary/aromatic N) is 4. The van der Waals surface area contributed by atoms with Crippen LogP contribution in [-0.4, -0.2) is 44.6 Å². The third-order valence-electron chi connectivity index (χ3n) is 4.55. The molecule has 7 heteroatoms. The summed E-state index contributed by atoms with van der Waals surface area (Å²) in [5.41, 5.74) is 0. The van der Waals surface area contributed by atoms with Crippen molar-refractivity contribution in [2.45, 2.75) is 59.5 Å². The highest BCUT2D eigenvalue weighted by atomic mass is 16.2. The lowest BCUT2D eigenvalue weighted by atomic mass is 10.1. The van der Waals surface area contributed by atoms with Crippen LogP contribution in [0.2, 0.25) is 0 Å². The summed E-state index contributed by atoms with van der Waals surface area (Å²) in [5, 5.41) is 11.0. The monoisotopic (exact) mass is 335 g/mol. The summed E-state index contributed by atoms with van der Waals surface area (Å²) in [5.74, 6) is 1.15. The summed E-state index contributed by atoms with van der Waals surface area (Å²) in [6.45, 7) is 9.72. The number of nitrogens with one attached hydrogen (secondary N) is 1. The van der Waals surface area contributed by atoms with Gasteiger partial charge in [-0.05, 0) is 25.2 Å². The first kappa shape index (κ1) is 18.4. The van der Waals surface area contributed by atoms with Crippen LogP contribution in [0.1, 0.15) is 58.8 Å². The molecule has 1 fully saturated rings. The van der Waals surface area contributed by atoms with Gasteiger partial charge in [-0.1, -0.05) is 27.7 Å². The fraction of sp³-hybridized carbons (Fsp3) is 0.765. The Morgan fingerprint density at radius 3 is 2.79 bits per heavy atom. The number of likely N-dealkylation sites (tertiary alicyclic amines) is 1. The maximum absolute atomic E-state index is 12.6. The van der Waals surface area contributed by atoms with Gasteiger partial charge in [0.2, 0.25) is 11.8 Å². The number of amides is 2. The third kappa shape index (κ3) is 4.33. The van der Waals surface area contributed by atoms with Crippen molar-refractivity contribution in [3.63, 3.8) is 0 Å². The van der Waals surface area contributed by atoms with E-state index in [2.05, 4.69) is 29.4 Å². The fourth-order valence-corrected chi connectivity index (χ4v) is 3.01. The summed E-state index contributed by atoms with van der Waals surface area (Å²) in [6.07, 6.45) is 4.35. The van der Waals surface area contributed by atoms with Crippen LogP contribution >= 0.6 is 0 Å². The molecule has 1 aliphatic heterocycles. The molecule has 1 aromatic heterocycles. The van der Waals surface area contributed by atoms with Crippen molar-refractivity contribution >= 4 is 11.8 Å². The average Bonchev–Trinajstić information content (AvgIpc) is 3.19. The van der Waals surface area contributed by atoms with Crippen molar-refractivity contribution in [2.24, 2.45) is 11.8 Å². The molecule has 2 atom stereocenters. The summed E-state index contributed by atoms with van der Waals surface area (Å²) >= 11 is 0. The number of hydrogen-bond donors (Lipinski definition) is 1. The lowest BCUT2D eigenvalue weighted by Gasteiger charge is -2.25. The summed E-state index contributed by atoms with van der Waals surface area (Å²) in [4.78, 5) is 26.3. The van der Waals surface area contributed by atoms with E-state index in [4.69, 9.17) is 0 Å². The van der Waals surface area contributed by atoms with Crippen LogP contribution in [0, 0.1) is 11.8 Å². The Hall–Kier alpha value is -1.92. The number of rotatable bonds is 7. The second kappa shape index (κ2) is 8.26. The van der Waals surface area contributed by atoms with Crippen molar-refractivity contribution in [3.05, 3.63) is 12.2 Å². The maximum Gasteiger partial charge on any atom is 0.242 e. The molecule has 134 valence electrons. The molecule has 1 N–H and O–H groups in total. The molecule has 0 spiro atoms. The highest BCUT2D eigenvalue weighted by molar-refractivity contribution is 5.86. The van der Waals surface area contributed by atoms with Crippen molar-refractivity contribution in [2.75, 3.05) is 13.1 Å². The number of carbonyl (C=O) groups excluding carboxylic acids is 2. The van der Waals surface area contributed by atoms with Gasteiger partial charge in [-0.3, -0.25) is 9.59 Å². The van der Waals surface area contributed by atoms with E-state index in [9.17, 15) is 9.59 Å². The van der Waals surface area contributed by atoms with Crippen LogP contribution in [0.4, 0.5) is 0 Å². The highest BCUT2D eigenvalue weighted by Gasteiger charge is 2.33. The molecule has 2 amide bonds. The second-order valence-corrected chi connectivity index (χ2v) is 7.01. The smallest absolute Gasteiger partial charge is 0.242 e. The van der Waals surface area contributed by atoms with E-state index in [1.54, 1.807) is 6.33 Å². The molecule has 2 heterocycles. The Morgan fingerprint density at radius 2 is 2.12 bits per heavy atom. The first-order valence-corrected chi connectivity index (χ1v) is 8.88. The number of carbonyl (C=O) groups is 2. The van der Waals surface area contributed by atoms with Gasteiger partial charge in [0, 0.05) is 19.0 Å². The SMILES string of the molecule is CC[C@@H](C)C(=O)NCC(=O)N1CCC[C@H]1c1nncn1CC(C)C. The Balaban J connectivity index is 2.01. The first-order valence-electron chi connectivity index (χ1n) is 8.88. The summed E-state index contributed by atoms with van der Waals surface area (Å²) in [7, 11) is 0. The lowest BCUT2D eigenvalue weighted by Crippen LogP contribution is -2.41. The minimum atomic E-state index is -0.0682. The summed E-state index contributed by atoms with van der Waals surface area (Å²) < 4.78 is 2.04. The van der Waals surface area contributed by atoms with Crippen molar-refractivity contribution in [1.29, 1.82) is 0 Å². The normalized spacial score (nSPS) is 18.9. The van der Waals surface area contributed by atoms with Gasteiger partial charge in [0.05, 0.1) is 12.6 Å². The number of hydrogen-bond acceptors (Lipinski definition) is 4. The molecule has 0 aromatic carbocycles. The molecular weight excluding hydrogens is 306 g/mol. The van der Waals surface area contributed by atoms with Crippen LogP contribution in [0.25, 0.3) is 0 Å². The predicted octanol–water partition coefficient (Wildman–Crippen LogP) is 1.76. The van der Waals surface area contributed by atoms with Crippen molar-refractivity contribution in [3.8, 4) is 0 Å². The molecule has 0 unspecified atom stereocenters. The number of aromatic nitrogens is 3. The zero-order valence-corrected chi connectivity index (χ0v) is 15.2. The molecule has 1 aliphatic rings. The minimum Gasteiger partial charge on any atom is -0.347 e. The average molecular weight is 335 g/mol. The van der Waals surface area contributed by atoms with Crippen LogP contribution in [0.15, 0.2) is 6.33 Å². The van der Waals surface area contributed by atoms with Gasteiger partial charge in [-0.2, -0.15) is 0 Å². The van der Waals surface area contributed by atoms with E-state index in [0.717, 1.165) is 31.6 Å². The Kier molecular flexibility index (Phi) is 6.34. The van der Waals surface area contributed by atoms with Crippen LogP contribution in [-0.2, 0) is 16.1 Å². The standard InChI is InChI=1S/C17H29N5O2/c1-5-13(4)17(24)18-9-15(23)22-8-6-7-14(22)16-20-19-11-21(16)10-12(2)3/h11-14H,5-10H2,1-4H3,(H,18,24)/t13-,14+/m1/s1. The van der Waals surface area contributed by atoms with Crippen molar-refractivity contribution in [1.82, 2.24) is 25.0 Å². The van der Waals surface area contributed by atoms with Gasteiger partial charge in [0.1, 0.15) is 6.33 Å². The van der Waals surface area contributed by atoms with Gasteiger partial charge < -0.3 is 14.8 Å². The molecule has 1 aromatic rings. The van der Waals surface area contributed by atoms with E-state index < -0.39 is 0 Å². The van der Waals surface area contributed by atoms with Crippen LogP contribution < -0.4 is 5.32 Å². The Labute approximate surface area is 143 Å². The fourth-order valence-electron chi connectivity index (χ4n) is 3.01. The molecule has 2 rings (SSSR count). The maximum atomic E-state index is 12.6. The minimum absolute atomic E-state index is 0.0424. The van der Waals surface area contributed by atoms with E-state index in [-0.39, 0.29) is 30.3 Å². The van der Waals surface area contributed by atoms with Gasteiger partial charge in [0.25, 0.3) is 0 Å². The van der Waals surface area contributed by atoms with E-state index >= 15 is 0 Å². The molecule has 7 nitrogen and oxygen atoms in total. The molecule has 1 saturated heterocycles. The van der Waals surface area contributed by atoms with E-state index in [1.165, 1.54) is 0 Å². The molecule has 0 radical (unpaired) electrons. The Morgan fingerprint density at radius 1 is 1.38 bits per heavy atom. The van der Waals surface area contributed by atoms with Crippen LogP contribution in [0.3, 0.4) is 0 Å². The molecule has 0 aliphatic carbocycles. The highest BCUT2D eigenvalue weighted by Crippen LogP contribution is 2.30. The predicted molar refractivity (Wildman–Crippen MR) is 91.0 cm³/mol. The molecule has 24 heavy (non-hydrogen) atoms. The van der Waals surface area contributed by atoms with E-state index in [1.807, 2.05) is 23.3 Å². The largest absolute Gasteiger partial charge is 0.347 e. The van der Waals surface area contributed by atoms with Gasteiger partial charge >= 0.3 is 0 Å². The second-order valence-electron chi connectivity index (χ2n) is 7.01. The summed E-state index contributed by atoms with van der Waals surface area (Å²) in [6, 6.07) is -0.0424. The van der Waals surface area contributed by atoms with Gasteiger partial charge in [0.15, 0.2) is 5.82 Å².